The van der Waals surface area contributed by atoms with Gasteiger partial charge < -0.3 is 0 Å². The molecule has 0 aromatic carbocycles. The summed E-state index contributed by atoms with van der Waals surface area (Å²) in [4.78, 5) is 0. The van der Waals surface area contributed by atoms with E-state index in [2.05, 4.69) is 0 Å². The van der Waals surface area contributed by atoms with Crippen molar-refractivity contribution in [3.8, 4) is 0 Å². The van der Waals surface area contributed by atoms with Crippen LogP contribution in [0.15, 0.2) is 0 Å². The van der Waals surface area contributed by atoms with E-state index in [0.29, 0.717) is 0 Å². The van der Waals surface area contributed by atoms with Gasteiger partial charge in [-0.25, -0.2) is 0 Å². The second-order valence-electron chi connectivity index (χ2n) is 0. The number of hydrogen-bond acceptors (Lipinski definition) is 0. The molecule has 4 heavy (non-hydrogen) atoms. The van der Waals surface area contributed by atoms with Gasteiger partial charge in [0.1, 0.15) is 9.55 Å². The van der Waals surface area contributed by atoms with Gasteiger partial charge in [0.2, 0.25) is 0 Å². The summed E-state index contributed by atoms with van der Waals surface area (Å²) in [5.41, 5.74) is 0. The Balaban J connectivity index is 0. The average Bonchev–Trinajstić information content (AvgIpc) is 1.50. The molecule has 0 saturated carbocycles. The zero-order valence-corrected chi connectivity index (χ0v) is 12.3. The normalized spacial score (nSPS) is 5.25. The molecule has 0 aliphatic heterocycles. The Morgan fingerprint density at radius 1 is 1.25 bits per heavy atom. The first kappa shape index (κ1) is 8.98. The quantitative estimate of drug-likeness (QED) is 0.273. The first-order valence-corrected chi connectivity index (χ1v) is 19.0. The maximum absolute atomic E-state index is 4.78. The van der Waals surface area contributed by atoms with Crippen molar-refractivity contribution >= 4 is 45.3 Å². The van der Waals surface area contributed by atoms with Gasteiger partial charge in [0.15, 0.2) is 0 Å². The second kappa shape index (κ2) is 28.4. The molecule has 0 radical (unpaired) electrons. The van der Waals surface area contributed by atoms with Gasteiger partial charge in [0, 0.05) is 0 Å². The Kier molecular flexibility index (Phi) is 63.7. The van der Waals surface area contributed by atoms with Crippen molar-refractivity contribution in [2.75, 3.05) is 0 Å². The topological polar surface area (TPSA) is 0 Å². The molecular weight excluding hydrogens is 164 g/mol. The van der Waals surface area contributed by atoms with Crippen molar-refractivity contribution in [1.82, 2.24) is 0 Å². The van der Waals surface area contributed by atoms with Crippen molar-refractivity contribution in [3.05, 3.63) is 0 Å². The zero-order valence-electron chi connectivity index (χ0n) is 3.38. The fraction of sp³-hybridized carbons (Fsp3) is 0. The molecule has 0 rings (SSSR count). The summed E-state index contributed by atoms with van der Waals surface area (Å²) in [5, 5.41) is 0. The monoisotopic (exact) mass is 174 g/mol. The molecule has 0 atom stereocenters. The second-order valence-corrected chi connectivity index (χ2v) is 0. The van der Waals surface area contributed by atoms with Gasteiger partial charge in [0.05, 0.1) is 0 Å². The van der Waals surface area contributed by atoms with Gasteiger partial charge in [-0.15, -0.1) is 0 Å². The van der Waals surface area contributed by atoms with E-state index in [9.17, 15) is 0 Å². The van der Waals surface area contributed by atoms with Gasteiger partial charge in [-0.1, -0.05) is 0 Å². The van der Waals surface area contributed by atoms with E-state index in [1.165, 1.54) is 24.6 Å². The van der Waals surface area contributed by atoms with Crippen LogP contribution in [0.4, 0.5) is 0 Å². The zero-order chi connectivity index (χ0) is 4.00. The van der Waals surface area contributed by atoms with Crippen LogP contribution in [0.1, 0.15) is 0 Å². The van der Waals surface area contributed by atoms with Crippen LogP contribution in [0.3, 0.4) is 0 Å². The minimum atomic E-state index is 0.778. The van der Waals surface area contributed by atoms with Crippen LogP contribution < -0.4 is 0 Å². The molecule has 0 aromatic rings. The molecule has 0 spiro atoms. The third kappa shape index (κ3) is 10.5. The predicted molar refractivity (Wildman–Crippen MR) is 35.7 cm³/mol. The Morgan fingerprint density at radius 3 is 1.25 bits per heavy atom. The molecule has 0 unspecified atom stereocenters. The fourth-order valence-electron chi connectivity index (χ4n) is 0. The summed E-state index contributed by atoms with van der Waals surface area (Å²) in [7, 11) is 2.27. The van der Waals surface area contributed by atoms with Crippen molar-refractivity contribution in [1.29, 1.82) is 0 Å². The van der Waals surface area contributed by atoms with E-state index in [-0.39, 0.29) is 0 Å². The molecule has 0 nitrogen and oxygen atoms in total. The van der Waals surface area contributed by atoms with E-state index < -0.39 is 0 Å². The van der Waals surface area contributed by atoms with Crippen LogP contribution in [0.5, 0.6) is 0 Å². The van der Waals surface area contributed by atoms with Crippen molar-refractivity contribution in [2.45, 2.75) is 0 Å². The van der Waals surface area contributed by atoms with Crippen LogP contribution in [-0.2, 0) is 0 Å². The van der Waals surface area contributed by atoms with Crippen LogP contribution in [0, 0.1) is 0 Å². The molecule has 0 bridgehead atoms. The van der Waals surface area contributed by atoms with Crippen LogP contribution in [-0.4, -0.2) is 34.2 Å². The molecule has 0 saturated heterocycles. The molecule has 28 valence electrons. The first-order chi connectivity index (χ1) is 2.00. The van der Waals surface area contributed by atoms with Gasteiger partial charge in [-0.3, -0.25) is 0 Å². The number of halogens is 1. The molecule has 0 aromatic heterocycles. The van der Waals surface area contributed by atoms with E-state index >= 15 is 0 Å². The van der Waals surface area contributed by atoms with Gasteiger partial charge >= 0.3 is 24.6 Å². The van der Waals surface area contributed by atoms with Crippen molar-refractivity contribution in [3.63, 3.8) is 0 Å². The standard InChI is InChI=1S/ClH3Si.GeH6Si/c2*1-2/h2H3;1-2H3. The third-order valence-corrected chi connectivity index (χ3v) is 0. The van der Waals surface area contributed by atoms with Crippen LogP contribution in [0.2, 0.25) is 0 Å². The average molecular weight is 173 g/mol. The number of hydrogen-bond donors (Lipinski definition) is 0. The molecule has 0 aliphatic rings. The van der Waals surface area contributed by atoms with Gasteiger partial charge in [-0.2, -0.15) is 11.1 Å². The molecule has 0 heterocycles. The molecule has 0 amide bonds. The van der Waals surface area contributed by atoms with E-state index in [1.54, 1.807) is 0 Å². The summed E-state index contributed by atoms with van der Waals surface area (Å²) in [6.45, 7) is 0. The Labute approximate surface area is 45.5 Å². The molecule has 0 N–H and O–H groups in total. The predicted octanol–water partition coefficient (Wildman–Crippen LogP) is -2.86. The van der Waals surface area contributed by atoms with Crippen LogP contribution in [0.25, 0.3) is 0 Å². The summed E-state index contributed by atoms with van der Waals surface area (Å²) in [5.74, 6) is 0. The molecule has 0 aliphatic carbocycles. The summed E-state index contributed by atoms with van der Waals surface area (Å²) >= 11 is 5.98. The Bertz CT molecular complexity index is 6.00. The first-order valence-electron chi connectivity index (χ1n) is 1.38. The molecule has 4 heteroatoms. The Morgan fingerprint density at radius 2 is 1.25 bits per heavy atom. The van der Waals surface area contributed by atoms with Crippen molar-refractivity contribution < 1.29 is 0 Å². The van der Waals surface area contributed by atoms with Gasteiger partial charge in [-0.05, 0) is 0 Å². The van der Waals surface area contributed by atoms with Gasteiger partial charge in [0.25, 0.3) is 0 Å². The summed E-state index contributed by atoms with van der Waals surface area (Å²) in [6.07, 6.45) is 0. The maximum atomic E-state index is 4.78. The van der Waals surface area contributed by atoms with Crippen LogP contribution >= 0.6 is 11.1 Å². The molecule has 0 fully saturated rings. The Hall–Kier alpha value is 1.27. The van der Waals surface area contributed by atoms with E-state index in [4.69, 9.17) is 11.1 Å². The third-order valence-electron chi connectivity index (χ3n) is 0. The fourth-order valence-corrected chi connectivity index (χ4v) is 0. The van der Waals surface area contributed by atoms with Crippen molar-refractivity contribution in [2.24, 2.45) is 0 Å². The van der Waals surface area contributed by atoms with E-state index in [0.717, 1.165) is 9.55 Å². The summed E-state index contributed by atoms with van der Waals surface area (Å²) in [6, 6.07) is 0. The summed E-state index contributed by atoms with van der Waals surface area (Å²) < 4.78 is 0. The van der Waals surface area contributed by atoms with E-state index in [1.807, 2.05) is 0 Å². The number of rotatable bonds is 0. The SMILES string of the molecule is [SiH3]Cl.[SiH3][GeH3]. The minimum absolute atomic E-state index is 0.778. The molecular formula is H9ClGeSi2.